The highest BCUT2D eigenvalue weighted by atomic mass is 32.2. The van der Waals surface area contributed by atoms with Gasteiger partial charge >= 0.3 is 5.69 Å². The zero-order chi connectivity index (χ0) is 56.1. The molecule has 7 heterocycles. The van der Waals surface area contributed by atoms with Crippen molar-refractivity contribution >= 4 is 44.2 Å². The molecule has 80 heavy (non-hydrogen) atoms. The molecule has 11 rings (SSSR count). The quantitative estimate of drug-likeness (QED) is 0.0464. The Labute approximate surface area is 465 Å². The van der Waals surface area contributed by atoms with Crippen LogP contribution in [0.15, 0.2) is 84.0 Å². The number of sulfonamides is 1. The molecule has 5 aliphatic rings. The number of methoxy groups -OCH3 is 2. The smallest absolute Gasteiger partial charge is 0.312 e. The minimum atomic E-state index is -4.75. The van der Waals surface area contributed by atoms with Gasteiger partial charge in [-0.2, -0.15) is 4.98 Å². The molecule has 0 bridgehead atoms. The molecule has 19 nitrogen and oxygen atoms in total. The number of halogens is 1. The molecule has 21 heteroatoms. The van der Waals surface area contributed by atoms with Gasteiger partial charge in [-0.15, -0.1) is 0 Å². The minimum absolute atomic E-state index is 0.0163. The van der Waals surface area contributed by atoms with E-state index in [0.717, 1.165) is 87.7 Å². The van der Waals surface area contributed by atoms with Crippen LogP contribution >= 0.6 is 0 Å². The van der Waals surface area contributed by atoms with Crippen LogP contribution in [-0.4, -0.2) is 126 Å². The zero-order valence-electron chi connectivity index (χ0n) is 46.0. The van der Waals surface area contributed by atoms with Gasteiger partial charge < -0.3 is 34.5 Å². The lowest BCUT2D eigenvalue weighted by Crippen LogP contribution is -2.65. The first-order chi connectivity index (χ1) is 38.4. The van der Waals surface area contributed by atoms with Crippen LogP contribution in [-0.2, 0) is 16.6 Å². The first-order valence-electron chi connectivity index (χ1n) is 27.9. The van der Waals surface area contributed by atoms with Crippen LogP contribution in [0.25, 0.3) is 11.0 Å². The SMILES string of the molecule is COc1nc2[nH]cc(F)c2cc1Oc1cc(N2CCC3(CC2)CN(C2CCN(Cc4ccc(C5CC5)c(OC)n4)CC2c2ccccc2C(C)C)C3)ccc1C(=O)NS(=O)(=O)c1cnc(NCC2CCC(C)(O)CC2)c([N+](=O)[O-])c1. The number of aliphatic hydroxyl groups is 1. The maximum absolute atomic E-state index is 15.0. The van der Waals surface area contributed by atoms with Crippen molar-refractivity contribution in [1.82, 2.24) is 34.5 Å². The van der Waals surface area contributed by atoms with Crippen molar-refractivity contribution in [2.24, 2.45) is 11.3 Å². The standard InChI is InChI=1S/C59H71FN10O9S/c1-36(2)42-8-6-7-9-44(42)47-33-67(32-39-12-14-43(38-10-11-38)56(64-39)77-4)23-18-49(47)69-34-59(35-69)21-24-68(25-22-59)40-13-15-45(51(26-40)79-52-28-46-48(60)31-63-53(46)65-57(52)78-5)55(71)66-80(75,76)41-27-50(70(73)74)54(62-30-41)61-29-37-16-19-58(3,72)20-17-37/h6-9,12-15,26-28,30-31,36-38,47,49,72H,10-11,16-25,29,32-35H2,1-5H3,(H,61,62)(H,63,65)(H,66,71). The Kier molecular flexibility index (Phi) is 15.3. The molecule has 2 saturated carbocycles. The van der Waals surface area contributed by atoms with Crippen LogP contribution in [0.1, 0.15) is 129 Å². The number of aromatic nitrogens is 4. The first-order valence-corrected chi connectivity index (χ1v) is 29.4. The van der Waals surface area contributed by atoms with Gasteiger partial charge in [0.1, 0.15) is 22.1 Å². The lowest BCUT2D eigenvalue weighted by molar-refractivity contribution is -0.384. The summed E-state index contributed by atoms with van der Waals surface area (Å²) in [6.07, 6.45) is 9.99. The number of fused-ring (bicyclic) bond motifs is 1. The third-order valence-electron chi connectivity index (χ3n) is 17.4. The lowest BCUT2D eigenvalue weighted by Gasteiger charge is -2.59. The molecule has 1 amide bonds. The topological polar surface area (TPSA) is 231 Å². The number of carbonyl (C=O) groups is 1. The number of carbonyl (C=O) groups excluding carboxylic acids is 1. The van der Waals surface area contributed by atoms with Gasteiger partial charge in [-0.05, 0) is 117 Å². The molecular weight excluding hydrogens is 1040 g/mol. The second-order valence-electron chi connectivity index (χ2n) is 23.4. The van der Waals surface area contributed by atoms with Crippen molar-refractivity contribution in [2.75, 3.05) is 70.2 Å². The summed E-state index contributed by atoms with van der Waals surface area (Å²) in [4.78, 5) is 48.9. The van der Waals surface area contributed by atoms with E-state index in [2.05, 4.69) is 89.9 Å². The molecule has 4 N–H and O–H groups in total. The molecule has 2 atom stereocenters. The van der Waals surface area contributed by atoms with Crippen molar-refractivity contribution in [1.29, 1.82) is 0 Å². The number of hydrogen-bond acceptors (Lipinski definition) is 16. The number of hydrogen-bond donors (Lipinski definition) is 4. The summed E-state index contributed by atoms with van der Waals surface area (Å²) in [5.41, 5.74) is 4.60. The molecule has 3 aliphatic heterocycles. The number of benzene rings is 2. The second-order valence-corrected chi connectivity index (χ2v) is 25.1. The molecule has 2 unspecified atom stereocenters. The van der Waals surface area contributed by atoms with Gasteiger partial charge in [0.05, 0.1) is 47.6 Å². The maximum atomic E-state index is 15.0. The monoisotopic (exact) mass is 1110 g/mol. The lowest BCUT2D eigenvalue weighted by atomic mass is 9.69. The van der Waals surface area contributed by atoms with E-state index in [1.165, 1.54) is 48.8 Å². The number of anilines is 2. The Bertz CT molecular complexity index is 3400. The summed E-state index contributed by atoms with van der Waals surface area (Å²) in [5.74, 6) is 0.253. The van der Waals surface area contributed by atoms with Crippen molar-refractivity contribution in [3.05, 3.63) is 123 Å². The van der Waals surface area contributed by atoms with E-state index < -0.39 is 42.9 Å². The van der Waals surface area contributed by atoms with Gasteiger partial charge in [-0.25, -0.2) is 27.5 Å². The molecule has 5 fully saturated rings. The summed E-state index contributed by atoms with van der Waals surface area (Å²) in [7, 11) is -1.66. The van der Waals surface area contributed by atoms with E-state index in [4.69, 9.17) is 19.2 Å². The number of likely N-dealkylation sites (tertiary alicyclic amines) is 2. The van der Waals surface area contributed by atoms with Crippen molar-refractivity contribution in [3.8, 4) is 23.3 Å². The van der Waals surface area contributed by atoms with Crippen LogP contribution in [0, 0.1) is 27.3 Å². The Morgan fingerprint density at radius 3 is 2.39 bits per heavy atom. The summed E-state index contributed by atoms with van der Waals surface area (Å²) in [5, 5.41) is 25.7. The molecular formula is C59H71FN10O9S. The van der Waals surface area contributed by atoms with Crippen molar-refractivity contribution in [3.63, 3.8) is 0 Å². The first kappa shape index (κ1) is 55.0. The van der Waals surface area contributed by atoms with Gasteiger partial charge in [0.2, 0.25) is 11.7 Å². The van der Waals surface area contributed by atoms with Gasteiger partial charge in [-0.3, -0.25) is 24.7 Å². The highest BCUT2D eigenvalue weighted by molar-refractivity contribution is 7.90. The number of amides is 1. The number of nitrogens with zero attached hydrogens (tertiary/aromatic N) is 7. The van der Waals surface area contributed by atoms with Gasteiger partial charge in [0.25, 0.3) is 21.8 Å². The fourth-order valence-corrected chi connectivity index (χ4v) is 13.6. The summed E-state index contributed by atoms with van der Waals surface area (Å²) >= 11 is 0. The van der Waals surface area contributed by atoms with Crippen LogP contribution in [0.4, 0.5) is 21.6 Å². The Hall–Kier alpha value is -6.94. The second kappa shape index (κ2) is 22.2. The fraction of sp³-hybridized carbons (Fsp3) is 0.492. The zero-order valence-corrected chi connectivity index (χ0v) is 46.9. The number of piperidine rings is 2. The fourth-order valence-electron chi connectivity index (χ4n) is 12.7. The Morgan fingerprint density at radius 2 is 1.68 bits per heavy atom. The average molecular weight is 1120 g/mol. The summed E-state index contributed by atoms with van der Waals surface area (Å²) in [6, 6.07) is 20.8. The molecule has 0 radical (unpaired) electrons. The highest BCUT2D eigenvalue weighted by Crippen LogP contribution is 2.48. The van der Waals surface area contributed by atoms with Gasteiger partial charge in [0.15, 0.2) is 5.75 Å². The van der Waals surface area contributed by atoms with Crippen LogP contribution in [0.2, 0.25) is 0 Å². The molecule has 2 aliphatic carbocycles. The van der Waals surface area contributed by atoms with Crippen LogP contribution < -0.4 is 29.1 Å². The summed E-state index contributed by atoms with van der Waals surface area (Å²) in [6.45, 7) is 12.8. The van der Waals surface area contributed by atoms with E-state index in [1.807, 2.05) is 0 Å². The van der Waals surface area contributed by atoms with Gasteiger partial charge in [0, 0.05) is 100.0 Å². The molecule has 6 aromatic rings. The number of nitro groups is 1. The van der Waals surface area contributed by atoms with E-state index >= 15 is 0 Å². The third kappa shape index (κ3) is 11.5. The number of nitrogens with one attached hydrogen (secondary N) is 3. The maximum Gasteiger partial charge on any atom is 0.312 e. The summed E-state index contributed by atoms with van der Waals surface area (Å²) < 4.78 is 62.5. The largest absolute Gasteiger partial charge is 0.481 e. The van der Waals surface area contributed by atoms with E-state index in [-0.39, 0.29) is 51.1 Å². The molecule has 1 spiro atoms. The number of rotatable bonds is 18. The van der Waals surface area contributed by atoms with E-state index in [1.54, 1.807) is 26.2 Å². The molecule has 2 aromatic carbocycles. The number of aromatic amines is 1. The third-order valence-corrected chi connectivity index (χ3v) is 18.7. The normalized spacial score (nSPS) is 22.5. The van der Waals surface area contributed by atoms with E-state index in [0.29, 0.717) is 69.1 Å². The Morgan fingerprint density at radius 1 is 0.925 bits per heavy atom. The molecule has 3 saturated heterocycles. The predicted molar refractivity (Wildman–Crippen MR) is 301 cm³/mol. The Balaban J connectivity index is 0.798. The molecule has 4 aromatic heterocycles. The van der Waals surface area contributed by atoms with Crippen LogP contribution in [0.3, 0.4) is 0 Å². The van der Waals surface area contributed by atoms with Crippen molar-refractivity contribution in [2.45, 2.75) is 119 Å². The predicted octanol–water partition coefficient (Wildman–Crippen LogP) is 9.64. The van der Waals surface area contributed by atoms with Gasteiger partial charge in [-0.1, -0.05) is 44.2 Å². The minimum Gasteiger partial charge on any atom is -0.481 e. The van der Waals surface area contributed by atoms with Crippen LogP contribution in [0.5, 0.6) is 23.3 Å². The number of H-pyrrole nitrogens is 1. The highest BCUT2D eigenvalue weighted by Gasteiger charge is 2.50. The number of pyridine rings is 3. The van der Waals surface area contributed by atoms with E-state index in [9.17, 15) is 32.8 Å². The van der Waals surface area contributed by atoms with Crippen molar-refractivity contribution < 1.29 is 41.8 Å². The average Bonchev–Trinajstić information content (AvgIpc) is 4.23. The molecule has 424 valence electrons. The number of ether oxygens (including phenoxy) is 3.